The van der Waals surface area contributed by atoms with Crippen molar-refractivity contribution >= 4 is 22.7 Å². The highest BCUT2D eigenvalue weighted by atomic mass is 16.5. The van der Waals surface area contributed by atoms with Crippen molar-refractivity contribution in [2.24, 2.45) is 0 Å². The number of carbonyl (C=O) groups excluding carboxylic acids is 2. The Hall–Kier alpha value is -3.28. The topological polar surface area (TPSA) is 65.6 Å². The summed E-state index contributed by atoms with van der Waals surface area (Å²) in [5, 5.41) is 1.18. The second kappa shape index (κ2) is 11.2. The van der Waals surface area contributed by atoms with Crippen LogP contribution in [0.15, 0.2) is 54.7 Å². The van der Waals surface area contributed by atoms with Crippen LogP contribution in [0.4, 0.5) is 0 Å². The molecule has 180 valence electrons. The molecule has 4 rings (SSSR count). The summed E-state index contributed by atoms with van der Waals surface area (Å²) in [7, 11) is 1.65. The molecule has 0 saturated heterocycles. The van der Waals surface area contributed by atoms with E-state index in [1.807, 2.05) is 52.4 Å². The van der Waals surface area contributed by atoms with Crippen molar-refractivity contribution in [1.82, 2.24) is 14.8 Å². The second-order valence-corrected chi connectivity index (χ2v) is 9.09. The molecule has 0 unspecified atom stereocenters. The summed E-state index contributed by atoms with van der Waals surface area (Å²) < 4.78 is 5.54. The first-order valence-corrected chi connectivity index (χ1v) is 12.3. The number of para-hydroxylation sites is 2. The quantitative estimate of drug-likeness (QED) is 0.416. The predicted octanol–water partition coefficient (Wildman–Crippen LogP) is 4.93. The molecule has 2 amide bonds. The number of ether oxygens (including phenoxy) is 1. The van der Waals surface area contributed by atoms with Crippen LogP contribution in [0.2, 0.25) is 0 Å². The maximum Gasteiger partial charge on any atom is 0.242 e. The van der Waals surface area contributed by atoms with E-state index in [4.69, 9.17) is 4.74 Å². The van der Waals surface area contributed by atoms with Crippen molar-refractivity contribution in [3.63, 3.8) is 0 Å². The standard InChI is InChI=1S/C28H35N3O3/c1-3-4-13-27(32)31(23-14-15-23)20-28(33)30(19-22-9-5-8-12-26(22)34-2)17-16-21-18-29-25-11-7-6-10-24(21)25/h5-12,18,23,29H,3-4,13-17,19-20H2,1-2H3. The van der Waals surface area contributed by atoms with Gasteiger partial charge < -0.3 is 19.5 Å². The molecule has 34 heavy (non-hydrogen) atoms. The number of nitrogens with zero attached hydrogens (tertiary/aromatic N) is 2. The van der Waals surface area contributed by atoms with Crippen LogP contribution in [0.1, 0.15) is 50.2 Å². The largest absolute Gasteiger partial charge is 0.496 e. The summed E-state index contributed by atoms with van der Waals surface area (Å²) >= 11 is 0. The Kier molecular flexibility index (Phi) is 7.88. The van der Waals surface area contributed by atoms with Gasteiger partial charge >= 0.3 is 0 Å². The van der Waals surface area contributed by atoms with Crippen molar-refractivity contribution in [2.45, 2.75) is 58.0 Å². The third kappa shape index (κ3) is 5.79. The number of aromatic amines is 1. The third-order valence-corrected chi connectivity index (χ3v) is 6.59. The summed E-state index contributed by atoms with van der Waals surface area (Å²) in [4.78, 5) is 33.4. The monoisotopic (exact) mass is 461 g/mol. The van der Waals surface area contributed by atoms with Crippen LogP contribution >= 0.6 is 0 Å². The fraction of sp³-hybridized carbons (Fsp3) is 0.429. The van der Waals surface area contributed by atoms with Crippen LogP contribution < -0.4 is 4.74 Å². The molecule has 1 fully saturated rings. The number of rotatable bonds is 12. The van der Waals surface area contributed by atoms with Gasteiger partial charge in [-0.25, -0.2) is 0 Å². The van der Waals surface area contributed by atoms with E-state index in [1.54, 1.807) is 7.11 Å². The number of aromatic nitrogens is 1. The van der Waals surface area contributed by atoms with E-state index < -0.39 is 0 Å². The lowest BCUT2D eigenvalue weighted by molar-refractivity contribution is -0.141. The van der Waals surface area contributed by atoms with Gasteiger partial charge in [-0.1, -0.05) is 49.7 Å². The molecule has 1 saturated carbocycles. The third-order valence-electron chi connectivity index (χ3n) is 6.59. The van der Waals surface area contributed by atoms with Crippen LogP contribution in [0, 0.1) is 0 Å². The van der Waals surface area contributed by atoms with E-state index in [1.165, 1.54) is 10.9 Å². The van der Waals surface area contributed by atoms with Crippen LogP contribution in [0.25, 0.3) is 10.9 Å². The molecule has 0 radical (unpaired) electrons. The zero-order valence-electron chi connectivity index (χ0n) is 20.3. The molecule has 1 N–H and O–H groups in total. The van der Waals surface area contributed by atoms with E-state index in [-0.39, 0.29) is 24.4 Å². The molecule has 6 heteroatoms. The summed E-state index contributed by atoms with van der Waals surface area (Å²) in [6.07, 6.45) is 7.10. The Morgan fingerprint density at radius 1 is 1.03 bits per heavy atom. The normalized spacial score (nSPS) is 13.1. The summed E-state index contributed by atoms with van der Waals surface area (Å²) in [5.74, 6) is 0.861. The zero-order valence-corrected chi connectivity index (χ0v) is 20.3. The van der Waals surface area contributed by atoms with Crippen LogP contribution in [-0.2, 0) is 22.6 Å². The SMILES string of the molecule is CCCCC(=O)N(CC(=O)N(CCc1c[nH]c2ccccc12)Cc1ccccc1OC)C1CC1. The Morgan fingerprint density at radius 3 is 2.56 bits per heavy atom. The lowest BCUT2D eigenvalue weighted by atomic mass is 10.1. The van der Waals surface area contributed by atoms with Gasteiger partial charge in [-0.2, -0.15) is 0 Å². The molecule has 2 aromatic carbocycles. The number of hydrogen-bond donors (Lipinski definition) is 1. The molecule has 0 aliphatic heterocycles. The smallest absolute Gasteiger partial charge is 0.242 e. The summed E-state index contributed by atoms with van der Waals surface area (Å²) in [5.41, 5.74) is 3.25. The van der Waals surface area contributed by atoms with Gasteiger partial charge in [-0.3, -0.25) is 9.59 Å². The van der Waals surface area contributed by atoms with Gasteiger partial charge in [0, 0.05) is 48.2 Å². The molecule has 0 atom stereocenters. The Bertz CT molecular complexity index is 1120. The van der Waals surface area contributed by atoms with Gasteiger partial charge in [0.25, 0.3) is 0 Å². The predicted molar refractivity (Wildman–Crippen MR) is 135 cm³/mol. The number of H-pyrrole nitrogens is 1. The molecule has 1 aliphatic rings. The van der Waals surface area contributed by atoms with E-state index in [9.17, 15) is 9.59 Å². The molecule has 3 aromatic rings. The molecular formula is C28H35N3O3. The summed E-state index contributed by atoms with van der Waals surface area (Å²) in [6.45, 7) is 3.25. The number of amides is 2. The first kappa shape index (κ1) is 23.9. The number of hydrogen-bond acceptors (Lipinski definition) is 3. The van der Waals surface area contributed by atoms with E-state index >= 15 is 0 Å². The molecule has 1 aromatic heterocycles. The lowest BCUT2D eigenvalue weighted by Crippen LogP contribution is -2.44. The molecule has 0 spiro atoms. The number of nitrogens with one attached hydrogen (secondary N) is 1. The Morgan fingerprint density at radius 2 is 1.79 bits per heavy atom. The van der Waals surface area contributed by atoms with Crippen molar-refractivity contribution in [3.8, 4) is 5.75 Å². The van der Waals surface area contributed by atoms with Crippen LogP contribution in [0.3, 0.4) is 0 Å². The van der Waals surface area contributed by atoms with E-state index in [2.05, 4.69) is 24.0 Å². The maximum absolute atomic E-state index is 13.6. The first-order chi connectivity index (χ1) is 16.6. The van der Waals surface area contributed by atoms with E-state index in [0.717, 1.165) is 48.9 Å². The van der Waals surface area contributed by atoms with E-state index in [0.29, 0.717) is 19.5 Å². The van der Waals surface area contributed by atoms with Crippen LogP contribution in [0.5, 0.6) is 5.75 Å². The highest BCUT2D eigenvalue weighted by Crippen LogP contribution is 2.28. The molecular weight excluding hydrogens is 426 g/mol. The first-order valence-electron chi connectivity index (χ1n) is 12.3. The van der Waals surface area contributed by atoms with Crippen molar-refractivity contribution in [1.29, 1.82) is 0 Å². The zero-order chi connectivity index (χ0) is 23.9. The highest BCUT2D eigenvalue weighted by molar-refractivity contribution is 5.86. The number of unbranched alkanes of at least 4 members (excludes halogenated alkanes) is 1. The lowest BCUT2D eigenvalue weighted by Gasteiger charge is -2.28. The molecule has 6 nitrogen and oxygen atoms in total. The fourth-order valence-corrected chi connectivity index (χ4v) is 4.45. The minimum Gasteiger partial charge on any atom is -0.496 e. The molecule has 1 aliphatic carbocycles. The Balaban J connectivity index is 1.52. The van der Waals surface area contributed by atoms with Crippen molar-refractivity contribution in [3.05, 3.63) is 65.9 Å². The van der Waals surface area contributed by atoms with Crippen molar-refractivity contribution < 1.29 is 14.3 Å². The van der Waals surface area contributed by atoms with Gasteiger partial charge in [0.2, 0.25) is 11.8 Å². The van der Waals surface area contributed by atoms with Gasteiger partial charge in [0.15, 0.2) is 0 Å². The average Bonchev–Trinajstić information content (AvgIpc) is 3.63. The molecule has 0 bridgehead atoms. The highest BCUT2D eigenvalue weighted by Gasteiger charge is 2.34. The Labute approximate surface area is 201 Å². The maximum atomic E-state index is 13.6. The second-order valence-electron chi connectivity index (χ2n) is 9.09. The number of carbonyl (C=O) groups is 2. The fourth-order valence-electron chi connectivity index (χ4n) is 4.45. The minimum atomic E-state index is -0.0116. The van der Waals surface area contributed by atoms with Gasteiger partial charge in [0.1, 0.15) is 12.3 Å². The number of methoxy groups -OCH3 is 1. The van der Waals surface area contributed by atoms with Gasteiger partial charge in [-0.15, -0.1) is 0 Å². The van der Waals surface area contributed by atoms with Crippen molar-refractivity contribution in [2.75, 3.05) is 20.2 Å². The van der Waals surface area contributed by atoms with Gasteiger partial charge in [-0.05, 0) is 43.4 Å². The van der Waals surface area contributed by atoms with Gasteiger partial charge in [0.05, 0.1) is 7.11 Å². The summed E-state index contributed by atoms with van der Waals surface area (Å²) in [6, 6.07) is 16.2. The van der Waals surface area contributed by atoms with Crippen LogP contribution in [-0.4, -0.2) is 52.8 Å². The molecule has 1 heterocycles. The number of fused-ring (bicyclic) bond motifs is 1. The number of benzene rings is 2. The average molecular weight is 462 g/mol. The minimum absolute atomic E-state index is 0.0116.